The van der Waals surface area contributed by atoms with Gasteiger partial charge in [0.25, 0.3) is 5.91 Å². The molecule has 23 heteroatoms. The molecule has 0 aliphatic heterocycles. The zero-order chi connectivity index (χ0) is 39.1. The number of hydrogen-bond donors (Lipinski definition) is 11. The molecule has 0 aromatic rings. The lowest BCUT2D eigenvalue weighted by Gasteiger charge is -2.22. The minimum atomic E-state index is -1.61. The van der Waals surface area contributed by atoms with Gasteiger partial charge in [-0.3, -0.25) is 52.5 Å². The van der Waals surface area contributed by atoms with E-state index in [1.54, 1.807) is 21.2 Å². The summed E-state index contributed by atoms with van der Waals surface area (Å²) in [4.78, 5) is 106. The summed E-state index contributed by atoms with van der Waals surface area (Å²) < 4.78 is 4.80. The molecule has 21 nitrogen and oxygen atoms in total. The largest absolute Gasteiger partial charge is 0.481 e. The Morgan fingerprint density at radius 2 is 1.32 bits per heavy atom. The average Bonchev–Trinajstić information content (AvgIpc) is 3.05. The summed E-state index contributed by atoms with van der Waals surface area (Å²) in [6.07, 6.45) is 2.08. The average molecular weight is 852 g/mol. The summed E-state index contributed by atoms with van der Waals surface area (Å²) in [6.45, 7) is 6.16. The van der Waals surface area contributed by atoms with Crippen molar-refractivity contribution in [3.05, 3.63) is 0 Å². The third-order valence-corrected chi connectivity index (χ3v) is 6.30. The first-order valence-corrected chi connectivity index (χ1v) is 18.6. The van der Waals surface area contributed by atoms with Crippen molar-refractivity contribution < 1.29 is 57.6 Å². The number of aliphatic carboxylic acids is 1. The number of halogens is 1. The summed E-state index contributed by atoms with van der Waals surface area (Å²) in [5, 5.41) is 30.6. The first kappa shape index (κ1) is 50.6. The van der Waals surface area contributed by atoms with Crippen LogP contribution in [0, 0.1) is 0 Å². The molecule has 0 spiro atoms. The van der Waals surface area contributed by atoms with Gasteiger partial charge in [-0.25, -0.2) is 5.48 Å². The summed E-state index contributed by atoms with van der Waals surface area (Å²) in [5.41, 5.74) is 11.6. The number of carboxylic acid groups (broad SMARTS) is 1. The molecule has 0 aromatic carbocycles. The number of nitrogens with two attached hydrogens (primary N) is 2. The summed E-state index contributed by atoms with van der Waals surface area (Å²) in [6, 6.07) is -4.16. The normalized spacial score (nSPS) is 11.6. The molecule has 50 heavy (non-hydrogen) atoms. The Kier molecular flexibility index (Phi) is 32.8. The molecule has 0 saturated carbocycles. The molecular formula is C27H50IN9O12S. The van der Waals surface area contributed by atoms with E-state index in [9.17, 15) is 43.2 Å². The third kappa shape index (κ3) is 30.3. The van der Waals surface area contributed by atoms with Gasteiger partial charge >= 0.3 is 5.97 Å². The van der Waals surface area contributed by atoms with Gasteiger partial charge in [0.1, 0.15) is 24.7 Å². The van der Waals surface area contributed by atoms with E-state index in [1.165, 1.54) is 31.7 Å². The van der Waals surface area contributed by atoms with E-state index >= 15 is 0 Å². The van der Waals surface area contributed by atoms with E-state index in [0.717, 1.165) is 15.8 Å². The molecule has 0 aliphatic carbocycles. The van der Waals surface area contributed by atoms with Crippen molar-refractivity contribution in [1.82, 2.24) is 37.4 Å². The fraction of sp³-hybridized carbons (Fsp3) is 0.667. The zero-order valence-electron chi connectivity index (χ0n) is 28.4. The van der Waals surface area contributed by atoms with E-state index in [0.29, 0.717) is 0 Å². The van der Waals surface area contributed by atoms with Gasteiger partial charge < -0.3 is 48.5 Å². The Morgan fingerprint density at radius 3 is 1.76 bits per heavy atom. The van der Waals surface area contributed by atoms with Crippen molar-refractivity contribution in [1.29, 1.82) is 0 Å². The van der Waals surface area contributed by atoms with Crippen LogP contribution in [0.4, 0.5) is 0 Å². The van der Waals surface area contributed by atoms with Crippen molar-refractivity contribution in [2.75, 3.05) is 32.8 Å². The standard InChI is InChI=1S/C20H31IN8O12S.C4H11N.C3H8/c1-9(18(37)29-40)26-15(33)7-24-13(31)5-23-14(32)6-25-19(38)10(2-3-12(22)30)28-20(39)11(4-17(35)36)27-16(34)8-41-42-21;1-2-3-4-5;1-3-2/h9-11,40H,2-8H2,1H3,(H2,22,30)(H,23,32)(H,24,31)(H,25,38)(H,26,33)(H,27,34)(H,28,39)(H,29,37)(H,35,36);2-5H2,1H3;3H2,1-2H3. The fourth-order valence-corrected chi connectivity index (χ4v) is 3.49. The van der Waals surface area contributed by atoms with Gasteiger partial charge in [0, 0.05) is 27.6 Å². The van der Waals surface area contributed by atoms with Crippen LogP contribution < -0.4 is 48.8 Å². The number of rotatable bonds is 22. The van der Waals surface area contributed by atoms with Crippen LogP contribution in [0.15, 0.2) is 0 Å². The molecule has 0 heterocycles. The molecule has 288 valence electrons. The summed E-state index contributed by atoms with van der Waals surface area (Å²) >= 11 is 1.74. The van der Waals surface area contributed by atoms with Gasteiger partial charge in [0.05, 0.1) is 35.3 Å². The number of carbonyl (C=O) groups is 9. The number of amides is 8. The summed E-state index contributed by atoms with van der Waals surface area (Å²) in [5.74, 6) is -8.43. The maximum atomic E-state index is 12.7. The predicted molar refractivity (Wildman–Crippen MR) is 189 cm³/mol. The van der Waals surface area contributed by atoms with Crippen molar-refractivity contribution in [3.63, 3.8) is 0 Å². The molecule has 13 N–H and O–H groups in total. The van der Waals surface area contributed by atoms with Gasteiger partial charge in [-0.15, -0.1) is 0 Å². The zero-order valence-corrected chi connectivity index (χ0v) is 31.4. The van der Waals surface area contributed by atoms with Crippen molar-refractivity contribution >= 4 is 83.6 Å². The van der Waals surface area contributed by atoms with Gasteiger partial charge in [0.2, 0.25) is 41.4 Å². The minimum absolute atomic E-state index is 0.333. The third-order valence-electron chi connectivity index (χ3n) is 5.33. The van der Waals surface area contributed by atoms with Gasteiger partial charge in [-0.2, -0.15) is 0 Å². The highest BCUT2D eigenvalue weighted by Gasteiger charge is 2.29. The Bertz CT molecular complexity index is 1100. The molecule has 8 amide bonds. The lowest BCUT2D eigenvalue weighted by atomic mass is 10.1. The van der Waals surface area contributed by atoms with E-state index in [1.807, 2.05) is 0 Å². The monoisotopic (exact) mass is 851 g/mol. The van der Waals surface area contributed by atoms with Crippen LogP contribution in [-0.4, -0.2) is 114 Å². The number of hydroxylamine groups is 1. The lowest BCUT2D eigenvalue weighted by Crippen LogP contribution is -2.55. The predicted octanol–water partition coefficient (Wildman–Crippen LogP) is -2.77. The van der Waals surface area contributed by atoms with Crippen LogP contribution in [0.2, 0.25) is 0 Å². The molecule has 0 radical (unpaired) electrons. The van der Waals surface area contributed by atoms with E-state index < -0.39 is 104 Å². The first-order chi connectivity index (χ1) is 23.5. The number of carbonyl (C=O) groups excluding carboxylic acids is 8. The Labute approximate surface area is 306 Å². The molecule has 0 fully saturated rings. The molecule has 3 atom stereocenters. The highest BCUT2D eigenvalue weighted by molar-refractivity contribution is 14.2. The number of primary amides is 1. The van der Waals surface area contributed by atoms with Crippen LogP contribution in [0.5, 0.6) is 0 Å². The second-order valence-electron chi connectivity index (χ2n) is 10.00. The molecule has 0 bridgehead atoms. The SMILES string of the molecule is CC(NC(=O)CNC(=O)CNC(=O)CNC(=O)C(CCC(N)=O)NC(=O)C(CC(=O)O)NC(=O)COSI)C(=O)NO.CCC.CCCCN. The topological polar surface area (TPSA) is 340 Å². The molecule has 0 aromatic heterocycles. The molecule has 0 saturated heterocycles. The van der Waals surface area contributed by atoms with E-state index in [-0.39, 0.29) is 12.8 Å². The van der Waals surface area contributed by atoms with Crippen LogP contribution in [-0.2, 0) is 47.3 Å². The lowest BCUT2D eigenvalue weighted by molar-refractivity contribution is -0.141. The van der Waals surface area contributed by atoms with Crippen LogP contribution >= 0.6 is 30.4 Å². The fourth-order valence-electron chi connectivity index (χ4n) is 2.96. The Hall–Kier alpha value is -3.81. The molecule has 3 unspecified atom stereocenters. The van der Waals surface area contributed by atoms with Crippen molar-refractivity contribution in [2.45, 2.75) is 84.3 Å². The molecule has 0 aliphatic rings. The van der Waals surface area contributed by atoms with Gasteiger partial charge in [0.15, 0.2) is 0 Å². The van der Waals surface area contributed by atoms with Crippen LogP contribution in [0.3, 0.4) is 0 Å². The highest BCUT2D eigenvalue weighted by Crippen LogP contribution is 2.11. The second kappa shape index (κ2) is 32.4. The number of unbranched alkanes of at least 4 members (excludes halogenated alkanes) is 1. The Balaban J connectivity index is -0.00000247. The second-order valence-corrected chi connectivity index (χ2v) is 11.4. The highest BCUT2D eigenvalue weighted by atomic mass is 127. The number of carboxylic acids is 1. The quantitative estimate of drug-likeness (QED) is 0.0228. The van der Waals surface area contributed by atoms with Gasteiger partial charge in [-0.1, -0.05) is 33.6 Å². The maximum absolute atomic E-state index is 12.7. The van der Waals surface area contributed by atoms with Crippen LogP contribution in [0.25, 0.3) is 0 Å². The molecular weight excluding hydrogens is 801 g/mol. The molecule has 0 rings (SSSR count). The van der Waals surface area contributed by atoms with Gasteiger partial charge in [-0.05, 0) is 26.3 Å². The van der Waals surface area contributed by atoms with Crippen molar-refractivity contribution in [2.24, 2.45) is 11.5 Å². The van der Waals surface area contributed by atoms with E-state index in [4.69, 9.17) is 26.0 Å². The minimum Gasteiger partial charge on any atom is -0.481 e. The summed E-state index contributed by atoms with van der Waals surface area (Å²) in [7, 11) is 0.828. The Morgan fingerprint density at radius 1 is 0.780 bits per heavy atom. The first-order valence-electron chi connectivity index (χ1n) is 15.3. The van der Waals surface area contributed by atoms with Crippen molar-refractivity contribution in [3.8, 4) is 0 Å². The maximum Gasteiger partial charge on any atom is 0.305 e. The number of hydrogen-bond acceptors (Lipinski definition) is 13. The van der Waals surface area contributed by atoms with Crippen LogP contribution in [0.1, 0.15) is 66.2 Å². The number of nitrogens with one attached hydrogen (secondary N) is 7. The smallest absolute Gasteiger partial charge is 0.305 e. The van der Waals surface area contributed by atoms with E-state index in [2.05, 4.69) is 52.7 Å².